The zero-order valence-corrected chi connectivity index (χ0v) is 17.2. The fourth-order valence-corrected chi connectivity index (χ4v) is 2.82. The predicted octanol–water partition coefficient (Wildman–Crippen LogP) is 4.30. The lowest BCUT2D eigenvalue weighted by molar-refractivity contribution is 0.622. The Kier molecular flexibility index (Phi) is 6.70. The Bertz CT molecular complexity index is 998. The first-order chi connectivity index (χ1) is 13.5. The van der Waals surface area contributed by atoms with Crippen LogP contribution in [0.3, 0.4) is 0 Å². The largest absolute Gasteiger partial charge is 0.396 e. The van der Waals surface area contributed by atoms with Crippen molar-refractivity contribution in [3.63, 3.8) is 0 Å². The molecule has 2 aromatic heterocycles. The Morgan fingerprint density at radius 2 is 2.00 bits per heavy atom. The Hall–Kier alpha value is -2.38. The third-order valence-corrected chi connectivity index (χ3v) is 4.94. The Morgan fingerprint density at radius 1 is 1.25 bits per heavy atom. The standard InChI is InChI=1S/C17H17ClN4O2.C3H6S/c1-2-7-21-11-14(4-6-17(21)23)22-10-13(9-20-22)12-3-5-15(19)16(8-12)24-18;4-3-1-2-3/h3-6,8-11H,2,7,19H2,1H3;3-4H,1-2H2. The minimum absolute atomic E-state index is 0.0181. The van der Waals surface area contributed by atoms with Crippen molar-refractivity contribution in [2.24, 2.45) is 0 Å². The van der Waals surface area contributed by atoms with Gasteiger partial charge >= 0.3 is 0 Å². The van der Waals surface area contributed by atoms with Gasteiger partial charge in [0.05, 0.1) is 17.6 Å². The number of anilines is 1. The fraction of sp³-hybridized carbons (Fsp3) is 0.300. The third kappa shape index (κ3) is 5.11. The highest BCUT2D eigenvalue weighted by atomic mass is 35.5. The summed E-state index contributed by atoms with van der Waals surface area (Å²) in [6.45, 7) is 2.71. The summed E-state index contributed by atoms with van der Waals surface area (Å²) in [6.07, 6.45) is 9.00. The van der Waals surface area contributed by atoms with Crippen molar-refractivity contribution < 1.29 is 4.29 Å². The van der Waals surface area contributed by atoms with Crippen molar-refractivity contribution in [2.75, 3.05) is 5.73 Å². The van der Waals surface area contributed by atoms with E-state index < -0.39 is 0 Å². The molecule has 0 aliphatic heterocycles. The molecule has 6 nitrogen and oxygen atoms in total. The molecule has 148 valence electrons. The molecule has 2 heterocycles. The molecular weight excluding hydrogens is 396 g/mol. The summed E-state index contributed by atoms with van der Waals surface area (Å²) in [4.78, 5) is 11.8. The van der Waals surface area contributed by atoms with Crippen LogP contribution in [0.2, 0.25) is 0 Å². The number of hydrogen-bond donors (Lipinski definition) is 2. The zero-order chi connectivity index (χ0) is 20.1. The SMILES string of the molecule is CCCn1cc(-n2cc(-c3ccc(N)c(OCl)c3)cn2)ccc1=O.SC1CC1. The molecule has 0 saturated heterocycles. The molecule has 1 saturated carbocycles. The molecule has 0 spiro atoms. The Labute approximate surface area is 174 Å². The Morgan fingerprint density at radius 3 is 2.64 bits per heavy atom. The van der Waals surface area contributed by atoms with Crippen LogP contribution in [0.5, 0.6) is 5.75 Å². The average Bonchev–Trinajstić information content (AvgIpc) is 3.32. The maximum atomic E-state index is 11.8. The normalized spacial score (nSPS) is 13.0. The molecule has 0 bridgehead atoms. The third-order valence-electron chi connectivity index (χ3n) is 4.26. The van der Waals surface area contributed by atoms with Crippen molar-refractivity contribution in [3.05, 3.63) is 59.3 Å². The molecule has 0 amide bonds. The first kappa shape index (κ1) is 20.4. The molecule has 0 radical (unpaired) electrons. The maximum Gasteiger partial charge on any atom is 0.250 e. The van der Waals surface area contributed by atoms with Crippen LogP contribution >= 0.6 is 24.5 Å². The Balaban J connectivity index is 0.000000500. The number of hydrogen-bond acceptors (Lipinski definition) is 5. The van der Waals surface area contributed by atoms with Crippen LogP contribution < -0.4 is 15.6 Å². The lowest BCUT2D eigenvalue weighted by Crippen LogP contribution is -2.19. The molecule has 1 fully saturated rings. The maximum absolute atomic E-state index is 11.8. The molecule has 28 heavy (non-hydrogen) atoms. The lowest BCUT2D eigenvalue weighted by Gasteiger charge is -2.07. The van der Waals surface area contributed by atoms with Crippen molar-refractivity contribution in [1.29, 1.82) is 0 Å². The van der Waals surface area contributed by atoms with E-state index in [9.17, 15) is 4.79 Å². The number of halogens is 1. The number of nitrogens with zero attached hydrogens (tertiary/aromatic N) is 3. The van der Waals surface area contributed by atoms with Gasteiger partial charge < -0.3 is 14.6 Å². The van der Waals surface area contributed by atoms with Gasteiger partial charge in [0.15, 0.2) is 5.75 Å². The van der Waals surface area contributed by atoms with E-state index in [2.05, 4.69) is 17.7 Å². The minimum Gasteiger partial charge on any atom is -0.396 e. The van der Waals surface area contributed by atoms with Gasteiger partial charge in [-0.3, -0.25) is 4.79 Å². The summed E-state index contributed by atoms with van der Waals surface area (Å²) >= 11 is 9.50. The van der Waals surface area contributed by atoms with Gasteiger partial charge in [0, 0.05) is 35.8 Å². The second-order valence-electron chi connectivity index (χ2n) is 6.65. The molecule has 0 atom stereocenters. The number of nitrogens with two attached hydrogens (primary N) is 1. The molecule has 8 heteroatoms. The lowest BCUT2D eigenvalue weighted by atomic mass is 10.1. The second kappa shape index (κ2) is 9.21. The quantitative estimate of drug-likeness (QED) is 0.478. The smallest absolute Gasteiger partial charge is 0.250 e. The summed E-state index contributed by atoms with van der Waals surface area (Å²) in [5.41, 5.74) is 8.81. The van der Waals surface area contributed by atoms with Crippen LogP contribution in [-0.2, 0) is 6.54 Å². The van der Waals surface area contributed by atoms with E-state index >= 15 is 0 Å². The van der Waals surface area contributed by atoms with Gasteiger partial charge in [0.25, 0.3) is 5.56 Å². The molecule has 4 rings (SSSR count). The van der Waals surface area contributed by atoms with Gasteiger partial charge in [-0.1, -0.05) is 13.0 Å². The van der Waals surface area contributed by atoms with Gasteiger partial charge in [-0.05, 0) is 43.0 Å². The number of aryl methyl sites for hydroxylation is 1. The van der Waals surface area contributed by atoms with Crippen molar-refractivity contribution in [1.82, 2.24) is 14.3 Å². The highest BCUT2D eigenvalue weighted by Gasteiger charge is 2.14. The summed E-state index contributed by atoms with van der Waals surface area (Å²) < 4.78 is 8.14. The molecule has 2 N–H and O–H groups in total. The summed E-state index contributed by atoms with van der Waals surface area (Å²) in [5, 5.41) is 5.15. The van der Waals surface area contributed by atoms with Crippen molar-refractivity contribution in [3.8, 4) is 22.6 Å². The molecule has 1 aliphatic carbocycles. The molecule has 0 unspecified atom stereocenters. The van der Waals surface area contributed by atoms with E-state index in [0.29, 0.717) is 18.0 Å². The van der Waals surface area contributed by atoms with E-state index in [1.807, 2.05) is 19.2 Å². The first-order valence-corrected chi connectivity index (χ1v) is 9.96. The van der Waals surface area contributed by atoms with Gasteiger partial charge in [-0.25, -0.2) is 4.68 Å². The van der Waals surface area contributed by atoms with Crippen LogP contribution in [0.15, 0.2) is 53.7 Å². The number of aromatic nitrogens is 3. The van der Waals surface area contributed by atoms with Gasteiger partial charge in [-0.2, -0.15) is 17.7 Å². The van der Waals surface area contributed by atoms with E-state index in [1.54, 1.807) is 45.9 Å². The predicted molar refractivity (Wildman–Crippen MR) is 116 cm³/mol. The van der Waals surface area contributed by atoms with Crippen LogP contribution in [-0.4, -0.2) is 19.6 Å². The van der Waals surface area contributed by atoms with Gasteiger partial charge in [-0.15, -0.1) is 0 Å². The van der Waals surface area contributed by atoms with Crippen molar-refractivity contribution >= 4 is 30.2 Å². The summed E-state index contributed by atoms with van der Waals surface area (Å²) in [6, 6.07) is 8.65. The van der Waals surface area contributed by atoms with Crippen LogP contribution in [0.1, 0.15) is 26.2 Å². The molecule has 3 aromatic rings. The number of rotatable bonds is 5. The van der Waals surface area contributed by atoms with Crippen LogP contribution in [0.4, 0.5) is 5.69 Å². The number of benzene rings is 1. The summed E-state index contributed by atoms with van der Waals surface area (Å²) in [7, 11) is 0. The van der Waals surface area contributed by atoms with Gasteiger partial charge in [0.1, 0.15) is 11.9 Å². The highest BCUT2D eigenvalue weighted by Crippen LogP contribution is 2.29. The topological polar surface area (TPSA) is 75.1 Å². The van der Waals surface area contributed by atoms with Crippen LogP contribution in [0, 0.1) is 0 Å². The minimum atomic E-state index is -0.0181. The van der Waals surface area contributed by atoms with Gasteiger partial charge in [0.2, 0.25) is 0 Å². The monoisotopic (exact) mass is 418 g/mol. The fourth-order valence-electron chi connectivity index (χ4n) is 2.54. The average molecular weight is 419 g/mol. The van der Waals surface area contributed by atoms with E-state index in [1.165, 1.54) is 12.8 Å². The van der Waals surface area contributed by atoms with E-state index in [-0.39, 0.29) is 5.56 Å². The number of nitrogen functional groups attached to an aromatic ring is 1. The van der Waals surface area contributed by atoms with Crippen LogP contribution in [0.25, 0.3) is 16.8 Å². The first-order valence-electron chi connectivity index (χ1n) is 9.14. The molecular formula is C20H23ClN4O2S. The van der Waals surface area contributed by atoms with Crippen molar-refractivity contribution in [2.45, 2.75) is 38.0 Å². The summed E-state index contributed by atoms with van der Waals surface area (Å²) in [5.74, 6) is 0.401. The number of pyridine rings is 1. The number of thiol groups is 1. The second-order valence-corrected chi connectivity index (χ2v) is 7.54. The zero-order valence-electron chi connectivity index (χ0n) is 15.6. The highest BCUT2D eigenvalue weighted by molar-refractivity contribution is 7.81. The molecule has 1 aromatic carbocycles. The van der Waals surface area contributed by atoms with E-state index in [0.717, 1.165) is 28.5 Å². The molecule has 1 aliphatic rings. The van der Waals surface area contributed by atoms with E-state index in [4.69, 9.17) is 21.9 Å².